The molecule has 0 aliphatic heterocycles. The highest BCUT2D eigenvalue weighted by Gasteiger charge is 2.28. The van der Waals surface area contributed by atoms with Gasteiger partial charge in [-0.25, -0.2) is 9.97 Å². The summed E-state index contributed by atoms with van der Waals surface area (Å²) in [5.74, 6) is -0.546. The van der Waals surface area contributed by atoms with E-state index < -0.39 is 24.7 Å². The number of aromatic amines is 1. The normalized spacial score (nSPS) is 12.7. The number of fused-ring (bicyclic) bond motifs is 1. The summed E-state index contributed by atoms with van der Waals surface area (Å²) in [6.07, 6.45) is 5.58. The van der Waals surface area contributed by atoms with Crippen molar-refractivity contribution in [3.8, 4) is 22.4 Å². The maximum absolute atomic E-state index is 12.3. The van der Waals surface area contributed by atoms with Crippen LogP contribution in [0, 0.1) is 0 Å². The number of H-pyrrole nitrogens is 1. The molecule has 0 radical (unpaired) electrons. The minimum absolute atomic E-state index is 0.253. The zero-order valence-corrected chi connectivity index (χ0v) is 17.1. The average Bonchev–Trinajstić information content (AvgIpc) is 3.37. The molecule has 166 valence electrons. The Morgan fingerprint density at radius 3 is 2.75 bits per heavy atom. The maximum atomic E-state index is 12.3. The van der Waals surface area contributed by atoms with Crippen LogP contribution in [0.1, 0.15) is 6.92 Å². The molecular formula is C20H19F3N8O. The number of hydrogen-bond acceptors (Lipinski definition) is 6. The minimum Gasteiger partial charge on any atom is -0.357 e. The van der Waals surface area contributed by atoms with Crippen molar-refractivity contribution < 1.29 is 18.0 Å². The van der Waals surface area contributed by atoms with Gasteiger partial charge in [0.15, 0.2) is 0 Å². The Morgan fingerprint density at radius 1 is 1.22 bits per heavy atom. The molecule has 0 aromatic carbocycles. The van der Waals surface area contributed by atoms with E-state index in [4.69, 9.17) is 0 Å². The van der Waals surface area contributed by atoms with Crippen LogP contribution >= 0.6 is 0 Å². The van der Waals surface area contributed by atoms with Crippen LogP contribution in [0.3, 0.4) is 0 Å². The number of nitrogens with zero attached hydrogens (tertiary/aromatic N) is 5. The van der Waals surface area contributed by atoms with Crippen molar-refractivity contribution in [2.75, 3.05) is 11.9 Å². The Bertz CT molecular complexity index is 1260. The van der Waals surface area contributed by atoms with Gasteiger partial charge in [0.05, 0.1) is 24.3 Å². The second-order valence-corrected chi connectivity index (χ2v) is 7.21. The summed E-state index contributed by atoms with van der Waals surface area (Å²) in [7, 11) is 1.83. The summed E-state index contributed by atoms with van der Waals surface area (Å²) in [5, 5.41) is 9.61. The third-order valence-electron chi connectivity index (χ3n) is 4.70. The zero-order valence-electron chi connectivity index (χ0n) is 17.1. The molecule has 0 fully saturated rings. The largest absolute Gasteiger partial charge is 0.405 e. The highest BCUT2D eigenvalue weighted by atomic mass is 19.4. The van der Waals surface area contributed by atoms with Crippen molar-refractivity contribution in [3.05, 3.63) is 43.2 Å². The number of carbonyl (C=O) groups excluding carboxylic acids is 1. The number of pyridine rings is 1. The van der Waals surface area contributed by atoms with Gasteiger partial charge in [0.1, 0.15) is 24.1 Å². The fraction of sp³-hybridized carbons (Fsp3) is 0.250. The van der Waals surface area contributed by atoms with Gasteiger partial charge in [-0.2, -0.15) is 18.3 Å². The molecule has 4 aromatic heterocycles. The Hall–Kier alpha value is -3.96. The molecule has 3 N–H and O–H groups in total. The number of alkyl halides is 3. The van der Waals surface area contributed by atoms with E-state index in [2.05, 4.69) is 30.4 Å². The van der Waals surface area contributed by atoms with Gasteiger partial charge in [0.2, 0.25) is 5.91 Å². The van der Waals surface area contributed by atoms with Gasteiger partial charge in [-0.15, -0.1) is 0 Å². The number of nitrogens with one attached hydrogen (secondary N) is 3. The molecule has 0 spiro atoms. The number of carbonyl (C=O) groups is 1. The lowest BCUT2D eigenvalue weighted by atomic mass is 10.1. The molecule has 0 saturated carbocycles. The van der Waals surface area contributed by atoms with Crippen molar-refractivity contribution in [2.45, 2.75) is 19.1 Å². The molecule has 0 aliphatic rings. The third kappa shape index (κ3) is 4.68. The highest BCUT2D eigenvalue weighted by Crippen LogP contribution is 2.30. The summed E-state index contributed by atoms with van der Waals surface area (Å²) >= 11 is 0. The van der Waals surface area contributed by atoms with Crippen molar-refractivity contribution in [2.24, 2.45) is 7.05 Å². The smallest absolute Gasteiger partial charge is 0.357 e. The van der Waals surface area contributed by atoms with E-state index in [-0.39, 0.29) is 5.82 Å². The standard InChI is InChI=1S/C20H19F3N8O/c1-11(19(32)27-10-20(21,22)23)29-17-8-24-7-16(30-17)15-6-26-18-14(15)3-12(4-25-18)13-5-28-31(2)9-13/h3-9,11H,10H2,1-2H3,(H,25,26)(H,27,32)(H,29,30)/t11-/m1/s1. The molecule has 4 heterocycles. The van der Waals surface area contributed by atoms with E-state index in [1.165, 1.54) is 13.1 Å². The number of aromatic nitrogens is 6. The average molecular weight is 444 g/mol. The van der Waals surface area contributed by atoms with Crippen LogP contribution in [0.4, 0.5) is 19.0 Å². The first-order chi connectivity index (χ1) is 15.2. The van der Waals surface area contributed by atoms with Crippen molar-refractivity contribution in [1.82, 2.24) is 35.0 Å². The summed E-state index contributed by atoms with van der Waals surface area (Å²) in [4.78, 5) is 28.1. The topological polar surface area (TPSA) is 113 Å². The quantitative estimate of drug-likeness (QED) is 0.422. The van der Waals surface area contributed by atoms with Crippen LogP contribution in [-0.4, -0.2) is 54.4 Å². The Kier molecular flexibility index (Phi) is 5.51. The Labute approximate surface area is 180 Å². The van der Waals surface area contributed by atoms with Crippen LogP contribution in [0.5, 0.6) is 0 Å². The molecule has 1 amide bonds. The molecule has 32 heavy (non-hydrogen) atoms. The van der Waals surface area contributed by atoms with Crippen LogP contribution in [0.25, 0.3) is 33.4 Å². The fourth-order valence-corrected chi connectivity index (χ4v) is 3.14. The monoisotopic (exact) mass is 444 g/mol. The van der Waals surface area contributed by atoms with Gasteiger partial charge >= 0.3 is 6.18 Å². The summed E-state index contributed by atoms with van der Waals surface area (Å²) in [6.45, 7) is 0.0427. The molecule has 12 heteroatoms. The van der Waals surface area contributed by atoms with Crippen LogP contribution in [0.15, 0.2) is 43.2 Å². The van der Waals surface area contributed by atoms with Gasteiger partial charge in [-0.3, -0.25) is 14.5 Å². The number of anilines is 1. The van der Waals surface area contributed by atoms with E-state index >= 15 is 0 Å². The SMILES string of the molecule is C[C@@H](Nc1cncc(-c2c[nH]c3ncc(-c4cnn(C)c4)cc23)n1)C(=O)NCC(F)(F)F. The predicted molar refractivity (Wildman–Crippen MR) is 111 cm³/mol. The Morgan fingerprint density at radius 2 is 2.03 bits per heavy atom. The second-order valence-electron chi connectivity index (χ2n) is 7.21. The molecule has 1 atom stereocenters. The highest BCUT2D eigenvalue weighted by molar-refractivity contribution is 5.95. The van der Waals surface area contributed by atoms with E-state index in [1.54, 1.807) is 29.5 Å². The number of rotatable bonds is 6. The summed E-state index contributed by atoms with van der Waals surface area (Å²) in [6, 6.07) is 1.02. The first kappa shape index (κ1) is 21.3. The lowest BCUT2D eigenvalue weighted by Crippen LogP contribution is -2.42. The molecule has 0 saturated heterocycles. The molecule has 4 aromatic rings. The van der Waals surface area contributed by atoms with Gasteiger partial charge in [-0.05, 0) is 13.0 Å². The van der Waals surface area contributed by atoms with Gasteiger partial charge in [-0.1, -0.05) is 0 Å². The fourth-order valence-electron chi connectivity index (χ4n) is 3.14. The van der Waals surface area contributed by atoms with E-state index in [9.17, 15) is 18.0 Å². The van der Waals surface area contributed by atoms with E-state index in [1.807, 2.05) is 24.6 Å². The molecule has 0 bridgehead atoms. The molecular weight excluding hydrogens is 425 g/mol. The lowest BCUT2D eigenvalue weighted by Gasteiger charge is -2.15. The van der Waals surface area contributed by atoms with Crippen molar-refractivity contribution in [3.63, 3.8) is 0 Å². The first-order valence-corrected chi connectivity index (χ1v) is 9.59. The first-order valence-electron chi connectivity index (χ1n) is 9.59. The second kappa shape index (κ2) is 8.29. The van der Waals surface area contributed by atoms with Crippen LogP contribution < -0.4 is 10.6 Å². The Balaban J connectivity index is 1.57. The molecule has 0 aliphatic carbocycles. The number of amides is 1. The van der Waals surface area contributed by atoms with Gasteiger partial charge in [0.25, 0.3) is 0 Å². The number of hydrogen-bond donors (Lipinski definition) is 3. The molecule has 0 unspecified atom stereocenters. The van der Waals surface area contributed by atoms with Crippen LogP contribution in [0.2, 0.25) is 0 Å². The lowest BCUT2D eigenvalue weighted by molar-refractivity contribution is -0.138. The minimum atomic E-state index is -4.48. The van der Waals surface area contributed by atoms with Gasteiger partial charge < -0.3 is 15.6 Å². The molecule has 4 rings (SSSR count). The molecule has 9 nitrogen and oxygen atoms in total. The maximum Gasteiger partial charge on any atom is 0.405 e. The van der Waals surface area contributed by atoms with Gasteiger partial charge in [0, 0.05) is 47.7 Å². The van der Waals surface area contributed by atoms with E-state index in [0.29, 0.717) is 11.3 Å². The van der Waals surface area contributed by atoms with Crippen molar-refractivity contribution >= 4 is 22.8 Å². The summed E-state index contributed by atoms with van der Waals surface area (Å²) < 4.78 is 38.6. The third-order valence-corrected chi connectivity index (χ3v) is 4.70. The van der Waals surface area contributed by atoms with Crippen LogP contribution in [-0.2, 0) is 11.8 Å². The predicted octanol–water partition coefficient (Wildman–Crippen LogP) is 2.90. The number of halogens is 3. The van der Waals surface area contributed by atoms with Crippen molar-refractivity contribution in [1.29, 1.82) is 0 Å². The van der Waals surface area contributed by atoms with E-state index in [0.717, 1.165) is 22.1 Å². The number of aryl methyl sites for hydroxylation is 1. The summed E-state index contributed by atoms with van der Waals surface area (Å²) in [5.41, 5.74) is 3.70. The zero-order chi connectivity index (χ0) is 22.9.